The number of nitrogens with one attached hydrogen (secondary N) is 2. The summed E-state index contributed by atoms with van der Waals surface area (Å²) in [6.45, 7) is 3.11. The lowest BCUT2D eigenvalue weighted by atomic mass is 10.00. The van der Waals surface area contributed by atoms with Crippen LogP contribution in [0.25, 0.3) is 5.65 Å². The topological polar surface area (TPSA) is 113 Å². The number of rotatable bonds is 0. The van der Waals surface area contributed by atoms with E-state index in [1.54, 1.807) is 12.3 Å². The van der Waals surface area contributed by atoms with Crippen molar-refractivity contribution in [2.45, 2.75) is 31.8 Å². The highest BCUT2D eigenvalue weighted by Gasteiger charge is 2.31. The SMILES string of the molecule is C[C@@H]1CCc2ncc(F)cc2[C@H]2CNCN2c2ccn3nc(N)c(c3n2)C(=O)N1. The van der Waals surface area contributed by atoms with E-state index < -0.39 is 0 Å². The second-order valence-electron chi connectivity index (χ2n) is 7.51. The Kier molecular flexibility index (Phi) is 4.09. The van der Waals surface area contributed by atoms with Crippen molar-refractivity contribution in [1.29, 1.82) is 0 Å². The number of nitrogen functional groups attached to an aromatic ring is 1. The largest absolute Gasteiger partial charge is 0.381 e. The van der Waals surface area contributed by atoms with Crippen LogP contribution in [0, 0.1) is 5.82 Å². The van der Waals surface area contributed by atoms with E-state index in [0.29, 0.717) is 37.5 Å². The minimum Gasteiger partial charge on any atom is -0.381 e. The van der Waals surface area contributed by atoms with Crippen LogP contribution in [-0.4, -0.2) is 44.7 Å². The van der Waals surface area contributed by atoms with Gasteiger partial charge < -0.3 is 16.0 Å². The minimum absolute atomic E-state index is 0.119. The summed E-state index contributed by atoms with van der Waals surface area (Å²) >= 11 is 0. The first-order valence-electron chi connectivity index (χ1n) is 9.58. The zero-order valence-electron chi connectivity index (χ0n) is 15.9. The first-order valence-corrected chi connectivity index (χ1v) is 9.58. The molecule has 1 saturated heterocycles. The fraction of sp³-hybridized carbons (Fsp3) is 0.368. The van der Waals surface area contributed by atoms with E-state index >= 15 is 0 Å². The molecule has 10 heteroatoms. The van der Waals surface area contributed by atoms with Crippen molar-refractivity contribution in [3.05, 3.63) is 47.2 Å². The van der Waals surface area contributed by atoms with Crippen LogP contribution in [0.4, 0.5) is 16.0 Å². The number of nitrogens with zero attached hydrogens (tertiary/aromatic N) is 5. The van der Waals surface area contributed by atoms with Crippen LogP contribution < -0.4 is 21.3 Å². The molecular formula is C19H21FN8O. The number of nitrogens with two attached hydrogens (primary N) is 1. The molecule has 1 amide bonds. The van der Waals surface area contributed by atoms with Gasteiger partial charge in [-0.3, -0.25) is 15.1 Å². The molecule has 150 valence electrons. The van der Waals surface area contributed by atoms with Gasteiger partial charge in [0.25, 0.3) is 5.91 Å². The van der Waals surface area contributed by atoms with Gasteiger partial charge in [0.15, 0.2) is 11.5 Å². The Bertz CT molecular complexity index is 1110. The van der Waals surface area contributed by atoms with E-state index in [2.05, 4.69) is 25.7 Å². The molecule has 0 spiro atoms. The van der Waals surface area contributed by atoms with Crippen molar-refractivity contribution in [2.24, 2.45) is 0 Å². The smallest absolute Gasteiger partial charge is 0.259 e. The third-order valence-corrected chi connectivity index (χ3v) is 5.54. The van der Waals surface area contributed by atoms with Gasteiger partial charge in [0.1, 0.15) is 17.2 Å². The summed E-state index contributed by atoms with van der Waals surface area (Å²) in [4.78, 5) is 24.0. The van der Waals surface area contributed by atoms with Gasteiger partial charge in [-0.2, -0.15) is 0 Å². The summed E-state index contributed by atoms with van der Waals surface area (Å²) in [6, 6.07) is 3.12. The summed E-state index contributed by atoms with van der Waals surface area (Å²) in [5.41, 5.74) is 8.35. The highest BCUT2D eigenvalue weighted by Crippen LogP contribution is 2.32. The molecule has 2 aliphatic heterocycles. The van der Waals surface area contributed by atoms with Gasteiger partial charge in [-0.05, 0) is 31.9 Å². The Hall–Kier alpha value is -3.27. The monoisotopic (exact) mass is 396 g/mol. The first kappa shape index (κ1) is 17.8. The molecule has 29 heavy (non-hydrogen) atoms. The Morgan fingerprint density at radius 1 is 1.38 bits per heavy atom. The second kappa shape index (κ2) is 6.66. The molecule has 2 atom stereocenters. The zero-order chi connectivity index (χ0) is 20.1. The van der Waals surface area contributed by atoms with E-state index in [-0.39, 0.29) is 35.2 Å². The number of aryl methyl sites for hydroxylation is 1. The number of amides is 1. The highest BCUT2D eigenvalue weighted by atomic mass is 19.1. The Morgan fingerprint density at radius 3 is 3.10 bits per heavy atom. The van der Waals surface area contributed by atoms with Gasteiger partial charge in [0, 0.05) is 30.0 Å². The third-order valence-electron chi connectivity index (χ3n) is 5.54. The molecule has 2 bridgehead atoms. The molecule has 4 N–H and O–H groups in total. The maximum atomic E-state index is 14.1. The van der Waals surface area contributed by atoms with Gasteiger partial charge in [0.05, 0.1) is 18.9 Å². The van der Waals surface area contributed by atoms with Crippen LogP contribution in [0.2, 0.25) is 0 Å². The molecule has 0 saturated carbocycles. The number of halogens is 1. The number of carbonyl (C=O) groups is 1. The summed E-state index contributed by atoms with van der Waals surface area (Å²) in [5.74, 6) is 0.120. The molecule has 9 nitrogen and oxygen atoms in total. The summed E-state index contributed by atoms with van der Waals surface area (Å²) in [6.07, 6.45) is 4.25. The van der Waals surface area contributed by atoms with Gasteiger partial charge in [0.2, 0.25) is 0 Å². The Morgan fingerprint density at radius 2 is 2.24 bits per heavy atom. The molecule has 0 radical (unpaired) electrons. The van der Waals surface area contributed by atoms with E-state index in [9.17, 15) is 9.18 Å². The maximum Gasteiger partial charge on any atom is 0.259 e. The van der Waals surface area contributed by atoms with Crippen molar-refractivity contribution in [3.63, 3.8) is 0 Å². The second-order valence-corrected chi connectivity index (χ2v) is 7.51. The number of fused-ring (bicyclic) bond motifs is 5. The van der Waals surface area contributed by atoms with Crippen LogP contribution in [0.3, 0.4) is 0 Å². The van der Waals surface area contributed by atoms with E-state index in [1.807, 2.05) is 17.9 Å². The average molecular weight is 396 g/mol. The van der Waals surface area contributed by atoms with Crippen molar-refractivity contribution in [2.75, 3.05) is 23.8 Å². The van der Waals surface area contributed by atoms with Crippen LogP contribution in [0.1, 0.15) is 41.0 Å². The Labute approximate surface area is 166 Å². The van der Waals surface area contributed by atoms with Crippen molar-refractivity contribution < 1.29 is 9.18 Å². The Balaban J connectivity index is 1.70. The molecule has 3 aromatic heterocycles. The van der Waals surface area contributed by atoms with E-state index in [1.165, 1.54) is 10.7 Å². The fourth-order valence-electron chi connectivity index (χ4n) is 4.08. The molecule has 3 aromatic rings. The molecule has 1 fully saturated rings. The standard InChI is InChI=1S/C19H21FN8O/c1-10-2-3-13-12(6-11(20)7-23-13)14-8-22-9-27(14)15-4-5-28-18(25-15)16(17(21)26-28)19(29)24-10/h4-7,10,14,22H,2-3,8-9H2,1H3,(H2,21,26)(H,24,29)/t10-,14-/m1/s1. The zero-order valence-corrected chi connectivity index (χ0v) is 15.9. The molecular weight excluding hydrogens is 375 g/mol. The van der Waals surface area contributed by atoms with E-state index in [0.717, 1.165) is 11.3 Å². The van der Waals surface area contributed by atoms with Gasteiger partial charge >= 0.3 is 0 Å². The highest BCUT2D eigenvalue weighted by molar-refractivity contribution is 6.04. The summed E-state index contributed by atoms with van der Waals surface area (Å²) < 4.78 is 15.6. The van der Waals surface area contributed by atoms with Crippen LogP contribution in [0.5, 0.6) is 0 Å². The number of carbonyl (C=O) groups excluding carboxylic acids is 1. The summed E-state index contributed by atoms with van der Waals surface area (Å²) in [7, 11) is 0. The number of anilines is 2. The lowest BCUT2D eigenvalue weighted by molar-refractivity contribution is 0.0940. The maximum absolute atomic E-state index is 14.1. The average Bonchev–Trinajstić information content (AvgIpc) is 3.29. The van der Waals surface area contributed by atoms with Crippen molar-refractivity contribution >= 4 is 23.2 Å². The predicted octanol–water partition coefficient (Wildman–Crippen LogP) is 1.02. The number of hydrogen-bond acceptors (Lipinski definition) is 7. The molecule has 5 rings (SSSR count). The van der Waals surface area contributed by atoms with Crippen LogP contribution >= 0.6 is 0 Å². The molecule has 0 unspecified atom stereocenters. The predicted molar refractivity (Wildman–Crippen MR) is 105 cm³/mol. The number of hydrogen-bond donors (Lipinski definition) is 3. The molecule has 2 aliphatic rings. The summed E-state index contributed by atoms with van der Waals surface area (Å²) in [5, 5.41) is 10.5. The third kappa shape index (κ3) is 2.96. The van der Waals surface area contributed by atoms with Crippen LogP contribution in [0.15, 0.2) is 24.5 Å². The van der Waals surface area contributed by atoms with Crippen molar-refractivity contribution in [3.8, 4) is 0 Å². The van der Waals surface area contributed by atoms with E-state index in [4.69, 9.17) is 5.73 Å². The molecule has 0 aromatic carbocycles. The number of pyridine rings is 1. The van der Waals surface area contributed by atoms with Gasteiger partial charge in [-0.25, -0.2) is 13.9 Å². The van der Waals surface area contributed by atoms with Gasteiger partial charge in [-0.15, -0.1) is 5.10 Å². The first-order chi connectivity index (χ1) is 14.0. The lowest BCUT2D eigenvalue weighted by Crippen LogP contribution is -2.33. The number of aromatic nitrogens is 4. The minimum atomic E-state index is -0.365. The quantitative estimate of drug-likeness (QED) is 0.520. The van der Waals surface area contributed by atoms with Crippen molar-refractivity contribution in [1.82, 2.24) is 30.2 Å². The van der Waals surface area contributed by atoms with Crippen LogP contribution in [-0.2, 0) is 6.42 Å². The molecule has 5 heterocycles. The molecule has 0 aliphatic carbocycles. The fourth-order valence-corrected chi connectivity index (χ4v) is 4.08. The normalized spacial score (nSPS) is 21.9. The van der Waals surface area contributed by atoms with Gasteiger partial charge in [-0.1, -0.05) is 0 Å². The lowest BCUT2D eigenvalue weighted by Gasteiger charge is -2.26.